The molecule has 1 fully saturated rings. The molecule has 2 aromatic rings. The van der Waals surface area contributed by atoms with Gasteiger partial charge in [-0.1, -0.05) is 60.6 Å². The molecule has 0 bridgehead atoms. The average molecular weight is 327 g/mol. The van der Waals surface area contributed by atoms with Crippen molar-refractivity contribution in [2.45, 2.75) is 6.04 Å². The third-order valence-corrected chi connectivity index (χ3v) is 4.05. The minimum atomic E-state index is -0.603. The maximum Gasteiger partial charge on any atom is 0.319 e. The van der Waals surface area contributed by atoms with Crippen LogP contribution in [0.2, 0.25) is 5.02 Å². The Morgan fingerprint density at radius 3 is 2.52 bits per heavy atom. The molecule has 0 aliphatic carbocycles. The van der Waals surface area contributed by atoms with E-state index in [1.165, 1.54) is 0 Å². The summed E-state index contributed by atoms with van der Waals surface area (Å²) in [5.41, 5.74) is 1.72. The minimum absolute atomic E-state index is 0.104. The molecule has 0 unspecified atom stereocenters. The largest absolute Gasteiger partial charge is 0.330 e. The third kappa shape index (κ3) is 3.12. The first-order valence-electron chi connectivity index (χ1n) is 7.17. The number of nitrogens with one attached hydrogen (secondary N) is 2. The fourth-order valence-corrected chi connectivity index (χ4v) is 2.95. The van der Waals surface area contributed by atoms with E-state index in [4.69, 9.17) is 11.6 Å². The minimum Gasteiger partial charge on any atom is -0.330 e. The van der Waals surface area contributed by atoms with E-state index in [0.29, 0.717) is 16.3 Å². The van der Waals surface area contributed by atoms with Crippen molar-refractivity contribution in [3.63, 3.8) is 0 Å². The molecule has 1 aliphatic heterocycles. The first kappa shape index (κ1) is 15.3. The third-order valence-electron chi connectivity index (χ3n) is 3.82. The molecule has 2 N–H and O–H groups in total. The topological polar surface area (TPSA) is 58.2 Å². The van der Waals surface area contributed by atoms with E-state index in [1.807, 2.05) is 12.1 Å². The van der Waals surface area contributed by atoms with Crippen molar-refractivity contribution < 1.29 is 9.59 Å². The van der Waals surface area contributed by atoms with Gasteiger partial charge in [0.1, 0.15) is 0 Å². The predicted molar refractivity (Wildman–Crippen MR) is 89.3 cm³/mol. The van der Waals surface area contributed by atoms with Crippen molar-refractivity contribution in [2.24, 2.45) is 5.92 Å². The zero-order chi connectivity index (χ0) is 16.4. The molecule has 0 saturated carbocycles. The number of carbonyl (C=O) groups excluding carboxylic acids is 2. The van der Waals surface area contributed by atoms with Gasteiger partial charge in [0.15, 0.2) is 5.78 Å². The lowest BCUT2D eigenvalue weighted by molar-refractivity contribution is 0.0905. The van der Waals surface area contributed by atoms with Gasteiger partial charge in [0, 0.05) is 16.3 Å². The lowest BCUT2D eigenvalue weighted by Gasteiger charge is -2.34. The van der Waals surface area contributed by atoms with Crippen LogP contribution in [0.3, 0.4) is 0 Å². The van der Waals surface area contributed by atoms with Crippen LogP contribution in [0.4, 0.5) is 4.79 Å². The van der Waals surface area contributed by atoms with Gasteiger partial charge in [-0.2, -0.15) is 0 Å². The highest BCUT2D eigenvalue weighted by Gasteiger charge is 2.38. The quantitative estimate of drug-likeness (QED) is 0.845. The molecule has 0 spiro atoms. The van der Waals surface area contributed by atoms with E-state index in [9.17, 15) is 9.59 Å². The number of hydrogen-bond acceptors (Lipinski definition) is 2. The van der Waals surface area contributed by atoms with Crippen LogP contribution in [0, 0.1) is 5.92 Å². The number of rotatable bonds is 3. The van der Waals surface area contributed by atoms with E-state index < -0.39 is 12.0 Å². The number of amides is 2. The lowest BCUT2D eigenvalue weighted by atomic mass is 9.83. The normalized spacial score (nSPS) is 20.6. The van der Waals surface area contributed by atoms with Gasteiger partial charge in [-0.3, -0.25) is 4.79 Å². The van der Waals surface area contributed by atoms with Crippen LogP contribution in [0.5, 0.6) is 0 Å². The highest BCUT2D eigenvalue weighted by Crippen LogP contribution is 2.33. The molecule has 3 rings (SSSR count). The van der Waals surface area contributed by atoms with E-state index in [0.717, 1.165) is 5.56 Å². The zero-order valence-electron chi connectivity index (χ0n) is 12.3. The van der Waals surface area contributed by atoms with E-state index >= 15 is 0 Å². The van der Waals surface area contributed by atoms with Crippen LogP contribution in [-0.2, 0) is 0 Å². The van der Waals surface area contributed by atoms with Gasteiger partial charge in [0.2, 0.25) is 0 Å². The van der Waals surface area contributed by atoms with Gasteiger partial charge in [0.25, 0.3) is 0 Å². The highest BCUT2D eigenvalue weighted by molar-refractivity contribution is 6.30. The van der Waals surface area contributed by atoms with Gasteiger partial charge in [-0.05, 0) is 17.7 Å². The zero-order valence-corrected chi connectivity index (χ0v) is 13.0. The molecule has 0 aromatic heterocycles. The van der Waals surface area contributed by atoms with Crippen molar-refractivity contribution in [3.05, 3.63) is 83.0 Å². The van der Waals surface area contributed by atoms with Crippen molar-refractivity contribution >= 4 is 23.4 Å². The Hall–Kier alpha value is -2.59. The molecule has 2 atom stereocenters. The van der Waals surface area contributed by atoms with Crippen molar-refractivity contribution in [3.8, 4) is 0 Å². The molecule has 1 aliphatic rings. The Kier molecular flexibility index (Phi) is 4.17. The fraction of sp³-hybridized carbons (Fsp3) is 0.111. The second-order valence-corrected chi connectivity index (χ2v) is 5.80. The van der Waals surface area contributed by atoms with E-state index in [2.05, 4.69) is 17.2 Å². The molecule has 2 amide bonds. The smallest absolute Gasteiger partial charge is 0.319 e. The standard InChI is InChI=1S/C18H15ClN2O2/c1-11-15(17(22)12-6-3-2-4-7-12)16(21-18(23)20-11)13-8-5-9-14(19)10-13/h2-10,15-16H,1H2,(H2,20,21,23)/t15-,16+/m1/s1. The summed E-state index contributed by atoms with van der Waals surface area (Å²) in [7, 11) is 0. The molecule has 23 heavy (non-hydrogen) atoms. The molecule has 1 saturated heterocycles. The number of urea groups is 1. The first-order valence-corrected chi connectivity index (χ1v) is 7.55. The fourth-order valence-electron chi connectivity index (χ4n) is 2.75. The Morgan fingerprint density at radius 2 is 1.83 bits per heavy atom. The Labute approximate surface area is 139 Å². The second kappa shape index (κ2) is 6.26. The molecule has 5 heteroatoms. The van der Waals surface area contributed by atoms with Crippen molar-refractivity contribution in [2.75, 3.05) is 0 Å². The molecule has 1 heterocycles. The average Bonchev–Trinajstić information content (AvgIpc) is 2.54. The van der Waals surface area contributed by atoms with Crippen molar-refractivity contribution in [1.82, 2.24) is 10.6 Å². The Bertz CT molecular complexity index is 774. The molecule has 4 nitrogen and oxygen atoms in total. The van der Waals surface area contributed by atoms with Gasteiger partial charge in [0.05, 0.1) is 12.0 Å². The summed E-state index contributed by atoms with van der Waals surface area (Å²) < 4.78 is 0. The monoisotopic (exact) mass is 326 g/mol. The summed E-state index contributed by atoms with van der Waals surface area (Å²) in [5, 5.41) is 5.94. The molecular formula is C18H15ClN2O2. The van der Waals surface area contributed by atoms with Crippen LogP contribution < -0.4 is 10.6 Å². The number of benzene rings is 2. The number of Topliss-reactive ketones (excluding diaryl/α,β-unsaturated/α-hetero) is 1. The number of halogens is 1. The van der Waals surface area contributed by atoms with Crippen LogP contribution in [-0.4, -0.2) is 11.8 Å². The SMILES string of the molecule is C=C1NC(=O)N[C@@H](c2cccc(Cl)c2)[C@@H]1C(=O)c1ccccc1. The summed E-state index contributed by atoms with van der Waals surface area (Å²) in [5.74, 6) is -0.707. The summed E-state index contributed by atoms with van der Waals surface area (Å²) >= 11 is 6.05. The maximum atomic E-state index is 12.9. The molecule has 116 valence electrons. The Morgan fingerprint density at radius 1 is 1.09 bits per heavy atom. The van der Waals surface area contributed by atoms with Crippen LogP contribution in [0.25, 0.3) is 0 Å². The summed E-state index contributed by atoms with van der Waals surface area (Å²) in [4.78, 5) is 24.7. The number of hydrogen-bond donors (Lipinski definition) is 2. The maximum absolute atomic E-state index is 12.9. The second-order valence-electron chi connectivity index (χ2n) is 5.36. The van der Waals surface area contributed by atoms with Gasteiger partial charge >= 0.3 is 6.03 Å². The first-order chi connectivity index (χ1) is 11.1. The van der Waals surface area contributed by atoms with Gasteiger partial charge in [-0.15, -0.1) is 0 Å². The summed E-state index contributed by atoms with van der Waals surface area (Å²) in [6, 6.07) is 15.2. The number of carbonyl (C=O) groups is 2. The molecular weight excluding hydrogens is 312 g/mol. The summed E-state index contributed by atoms with van der Waals surface area (Å²) in [6.45, 7) is 3.87. The van der Waals surface area contributed by atoms with Crippen LogP contribution in [0.1, 0.15) is 22.0 Å². The number of ketones is 1. The highest BCUT2D eigenvalue weighted by atomic mass is 35.5. The van der Waals surface area contributed by atoms with Crippen molar-refractivity contribution in [1.29, 1.82) is 0 Å². The van der Waals surface area contributed by atoms with Crippen LogP contribution in [0.15, 0.2) is 66.9 Å². The summed E-state index contributed by atoms with van der Waals surface area (Å²) in [6.07, 6.45) is 0. The van der Waals surface area contributed by atoms with Gasteiger partial charge in [-0.25, -0.2) is 4.79 Å². The predicted octanol–water partition coefficient (Wildman–Crippen LogP) is 3.71. The molecule has 0 radical (unpaired) electrons. The van der Waals surface area contributed by atoms with Gasteiger partial charge < -0.3 is 10.6 Å². The van der Waals surface area contributed by atoms with E-state index in [1.54, 1.807) is 42.5 Å². The van der Waals surface area contributed by atoms with E-state index in [-0.39, 0.29) is 11.8 Å². The lowest BCUT2D eigenvalue weighted by Crippen LogP contribution is -2.50. The van der Waals surface area contributed by atoms with Crippen LogP contribution >= 0.6 is 11.6 Å². The Balaban J connectivity index is 2.01. The molecule has 2 aromatic carbocycles.